The van der Waals surface area contributed by atoms with Gasteiger partial charge < -0.3 is 24.4 Å². The van der Waals surface area contributed by atoms with Gasteiger partial charge in [-0.05, 0) is 26.8 Å². The first-order chi connectivity index (χ1) is 11.2. The lowest BCUT2D eigenvalue weighted by Gasteiger charge is -2.21. The number of carbonyl (C=O) groups is 1. The lowest BCUT2D eigenvalue weighted by Crippen LogP contribution is -2.27. The zero-order chi connectivity index (χ0) is 17.9. The number of anilines is 2. The minimum absolute atomic E-state index is 0.0167. The van der Waals surface area contributed by atoms with E-state index in [1.165, 1.54) is 20.4 Å². The quantitative estimate of drug-likeness (QED) is 0.882. The Morgan fingerprint density at radius 3 is 2.33 bits per heavy atom. The molecule has 2 rings (SSSR count). The Balaban J connectivity index is 2.45. The number of ether oxygens (including phenoxy) is 3. The molecule has 1 aromatic heterocycles. The smallest absolute Gasteiger partial charge is 0.412 e. The minimum Gasteiger partial charge on any atom is -0.493 e. The first-order valence-corrected chi connectivity index (χ1v) is 7.21. The Morgan fingerprint density at radius 1 is 1.21 bits per heavy atom. The normalized spacial score (nSPS) is 11.0. The predicted octanol–water partition coefficient (Wildman–Crippen LogP) is 3.29. The molecule has 0 spiro atoms. The summed E-state index contributed by atoms with van der Waals surface area (Å²) in [4.78, 5) is 16.0. The van der Waals surface area contributed by atoms with Crippen LogP contribution in [-0.4, -0.2) is 30.9 Å². The van der Waals surface area contributed by atoms with Gasteiger partial charge in [0.15, 0.2) is 17.3 Å². The van der Waals surface area contributed by atoms with Gasteiger partial charge in [-0.2, -0.15) is 0 Å². The Labute approximate surface area is 139 Å². The zero-order valence-corrected chi connectivity index (χ0v) is 14.3. The molecule has 8 heteroatoms. The van der Waals surface area contributed by atoms with Crippen LogP contribution in [0, 0.1) is 0 Å². The van der Waals surface area contributed by atoms with Gasteiger partial charge in [0.2, 0.25) is 0 Å². The molecule has 0 atom stereocenters. The van der Waals surface area contributed by atoms with Crippen LogP contribution in [-0.2, 0) is 4.74 Å². The summed E-state index contributed by atoms with van der Waals surface area (Å²) >= 11 is 0. The summed E-state index contributed by atoms with van der Waals surface area (Å²) in [5, 5.41) is 2.68. The molecule has 0 saturated heterocycles. The molecule has 0 fully saturated rings. The topological polar surface area (TPSA) is 109 Å². The number of rotatable bonds is 4. The zero-order valence-electron chi connectivity index (χ0n) is 14.3. The van der Waals surface area contributed by atoms with Crippen molar-refractivity contribution in [3.63, 3.8) is 0 Å². The van der Waals surface area contributed by atoms with Gasteiger partial charge in [-0.15, -0.1) is 0 Å². The number of nitrogens with two attached hydrogens (primary N) is 1. The number of methoxy groups -OCH3 is 2. The third kappa shape index (κ3) is 4.09. The standard InChI is InChI=1S/C16H21N3O5/c1-16(2,3)24-15(20)19-10-7-12(22-5)11(21-4)6-9(10)13-8-18-14(17)23-13/h6-8H,1-5H3,(H2,17,18)(H,19,20). The number of aromatic nitrogens is 1. The van der Waals surface area contributed by atoms with E-state index in [-0.39, 0.29) is 6.01 Å². The van der Waals surface area contributed by atoms with E-state index in [0.29, 0.717) is 28.5 Å². The Morgan fingerprint density at radius 2 is 1.83 bits per heavy atom. The van der Waals surface area contributed by atoms with Crippen molar-refractivity contribution in [2.45, 2.75) is 26.4 Å². The highest BCUT2D eigenvalue weighted by molar-refractivity contribution is 5.92. The van der Waals surface area contributed by atoms with Crippen LogP contribution in [0.4, 0.5) is 16.5 Å². The van der Waals surface area contributed by atoms with E-state index < -0.39 is 11.7 Å². The molecule has 3 N–H and O–H groups in total. The minimum atomic E-state index is -0.628. The third-order valence-corrected chi connectivity index (χ3v) is 2.95. The van der Waals surface area contributed by atoms with Crippen molar-refractivity contribution in [2.75, 3.05) is 25.3 Å². The Hall–Kier alpha value is -2.90. The molecule has 0 saturated carbocycles. The molecule has 0 aliphatic carbocycles. The van der Waals surface area contributed by atoms with Crippen molar-refractivity contribution in [3.8, 4) is 22.8 Å². The molecule has 1 amide bonds. The first kappa shape index (κ1) is 17.5. The number of benzene rings is 1. The molecule has 24 heavy (non-hydrogen) atoms. The van der Waals surface area contributed by atoms with Gasteiger partial charge in [-0.25, -0.2) is 9.78 Å². The van der Waals surface area contributed by atoms with Gasteiger partial charge in [-0.3, -0.25) is 5.32 Å². The second-order valence-corrected chi connectivity index (χ2v) is 5.94. The third-order valence-electron chi connectivity index (χ3n) is 2.95. The average molecular weight is 335 g/mol. The summed E-state index contributed by atoms with van der Waals surface area (Å²) < 4.78 is 21.2. The van der Waals surface area contributed by atoms with Gasteiger partial charge in [0.25, 0.3) is 6.01 Å². The van der Waals surface area contributed by atoms with Gasteiger partial charge >= 0.3 is 6.09 Å². The van der Waals surface area contributed by atoms with Crippen molar-refractivity contribution in [1.29, 1.82) is 0 Å². The number of nitrogens with one attached hydrogen (secondary N) is 1. The van der Waals surface area contributed by atoms with Crippen LogP contribution < -0.4 is 20.5 Å². The molecular formula is C16H21N3O5. The number of nitrogen functional groups attached to an aromatic ring is 1. The molecule has 1 aromatic carbocycles. The van der Waals surface area contributed by atoms with Crippen molar-refractivity contribution >= 4 is 17.8 Å². The van der Waals surface area contributed by atoms with E-state index in [1.54, 1.807) is 32.9 Å². The predicted molar refractivity (Wildman–Crippen MR) is 89.3 cm³/mol. The summed E-state index contributed by atoms with van der Waals surface area (Å²) in [6, 6.07) is 3.28. The summed E-state index contributed by atoms with van der Waals surface area (Å²) in [7, 11) is 3.01. The Kier molecular flexibility index (Phi) is 4.87. The monoisotopic (exact) mass is 335 g/mol. The van der Waals surface area contributed by atoms with Gasteiger partial charge in [-0.1, -0.05) is 0 Å². The molecule has 0 unspecified atom stereocenters. The largest absolute Gasteiger partial charge is 0.493 e. The second-order valence-electron chi connectivity index (χ2n) is 5.94. The van der Waals surface area contributed by atoms with Gasteiger partial charge in [0.1, 0.15) is 5.60 Å². The van der Waals surface area contributed by atoms with Crippen LogP contribution in [0.15, 0.2) is 22.7 Å². The van der Waals surface area contributed by atoms with Crippen LogP contribution in [0.5, 0.6) is 11.5 Å². The highest BCUT2D eigenvalue weighted by atomic mass is 16.6. The number of nitrogens with zero attached hydrogens (tertiary/aromatic N) is 1. The van der Waals surface area contributed by atoms with Gasteiger partial charge in [0, 0.05) is 11.6 Å². The lowest BCUT2D eigenvalue weighted by molar-refractivity contribution is 0.0636. The number of hydrogen-bond acceptors (Lipinski definition) is 7. The molecule has 0 aliphatic rings. The maximum absolute atomic E-state index is 12.1. The van der Waals surface area contributed by atoms with Crippen molar-refractivity contribution in [1.82, 2.24) is 4.98 Å². The summed E-state index contributed by atoms with van der Waals surface area (Å²) in [5.74, 6) is 1.29. The van der Waals surface area contributed by atoms with Crippen LogP contribution in [0.2, 0.25) is 0 Å². The summed E-state index contributed by atoms with van der Waals surface area (Å²) in [6.07, 6.45) is 0.847. The van der Waals surface area contributed by atoms with Crippen LogP contribution in [0.1, 0.15) is 20.8 Å². The fourth-order valence-corrected chi connectivity index (χ4v) is 2.01. The van der Waals surface area contributed by atoms with E-state index in [2.05, 4.69) is 10.3 Å². The van der Waals surface area contributed by atoms with Crippen LogP contribution >= 0.6 is 0 Å². The molecule has 1 heterocycles. The van der Waals surface area contributed by atoms with Crippen molar-refractivity contribution in [2.24, 2.45) is 0 Å². The molecule has 130 valence electrons. The molecule has 2 aromatic rings. The van der Waals surface area contributed by atoms with E-state index in [1.807, 2.05) is 0 Å². The number of oxazole rings is 1. The maximum atomic E-state index is 12.1. The highest BCUT2D eigenvalue weighted by Crippen LogP contribution is 2.39. The van der Waals surface area contributed by atoms with E-state index in [4.69, 9.17) is 24.4 Å². The second kappa shape index (κ2) is 6.69. The summed E-state index contributed by atoms with van der Waals surface area (Å²) in [5.41, 5.74) is 5.85. The maximum Gasteiger partial charge on any atom is 0.412 e. The number of carbonyl (C=O) groups excluding carboxylic acids is 1. The van der Waals surface area contributed by atoms with Crippen molar-refractivity contribution in [3.05, 3.63) is 18.3 Å². The number of amides is 1. The summed E-state index contributed by atoms with van der Waals surface area (Å²) in [6.45, 7) is 5.33. The Bertz CT molecular complexity index is 734. The molecule has 0 aliphatic heterocycles. The molecule has 0 radical (unpaired) electrons. The molecule has 0 bridgehead atoms. The fraction of sp³-hybridized carbons (Fsp3) is 0.375. The van der Waals surface area contributed by atoms with Crippen molar-refractivity contribution < 1.29 is 23.4 Å². The van der Waals surface area contributed by atoms with E-state index >= 15 is 0 Å². The molecular weight excluding hydrogens is 314 g/mol. The van der Waals surface area contributed by atoms with Gasteiger partial charge in [0.05, 0.1) is 26.1 Å². The lowest BCUT2D eigenvalue weighted by atomic mass is 10.1. The van der Waals surface area contributed by atoms with E-state index in [0.717, 1.165) is 0 Å². The molecule has 8 nitrogen and oxygen atoms in total. The number of hydrogen-bond donors (Lipinski definition) is 2. The SMILES string of the molecule is COc1cc(NC(=O)OC(C)(C)C)c(-c2cnc(N)o2)cc1OC. The van der Waals surface area contributed by atoms with Crippen LogP contribution in [0.25, 0.3) is 11.3 Å². The van der Waals surface area contributed by atoms with E-state index in [9.17, 15) is 4.79 Å². The average Bonchev–Trinajstić information content (AvgIpc) is 2.91. The highest BCUT2D eigenvalue weighted by Gasteiger charge is 2.21. The first-order valence-electron chi connectivity index (χ1n) is 7.21. The fourth-order valence-electron chi connectivity index (χ4n) is 2.01. The van der Waals surface area contributed by atoms with Crippen LogP contribution in [0.3, 0.4) is 0 Å².